The standard InChI is InChI=1S/C22H25N7O3S/c1-28-13-15(12-25-28)20-11-19-21(26-20)23-14-24-22(19)29-9-7-16(8-10-29)27-33(30,31)18-5-3-17(32-2)4-6-18/h3-6,11-14,16,27H,7-10H2,1-2H3,(H,23,24,26). The van der Waals surface area contributed by atoms with Crippen LogP contribution in [0.1, 0.15) is 12.8 Å². The molecule has 3 aromatic heterocycles. The van der Waals surface area contributed by atoms with Crippen LogP contribution in [0.2, 0.25) is 0 Å². The maximum Gasteiger partial charge on any atom is 0.240 e. The molecule has 1 fully saturated rings. The maximum atomic E-state index is 12.8. The first-order valence-electron chi connectivity index (χ1n) is 10.7. The van der Waals surface area contributed by atoms with Crippen LogP contribution in [0, 0.1) is 0 Å². The van der Waals surface area contributed by atoms with Gasteiger partial charge in [0.2, 0.25) is 10.0 Å². The van der Waals surface area contributed by atoms with Gasteiger partial charge in [-0.15, -0.1) is 0 Å². The summed E-state index contributed by atoms with van der Waals surface area (Å²) in [6.07, 6.45) is 6.66. The van der Waals surface area contributed by atoms with Crippen molar-refractivity contribution < 1.29 is 13.2 Å². The average Bonchev–Trinajstić information content (AvgIpc) is 3.45. The fourth-order valence-electron chi connectivity index (χ4n) is 4.15. The summed E-state index contributed by atoms with van der Waals surface area (Å²) in [6.45, 7) is 1.38. The van der Waals surface area contributed by atoms with E-state index >= 15 is 0 Å². The molecule has 0 unspecified atom stereocenters. The molecule has 2 N–H and O–H groups in total. The summed E-state index contributed by atoms with van der Waals surface area (Å²) in [6, 6.07) is 8.31. The molecule has 0 atom stereocenters. The highest BCUT2D eigenvalue weighted by molar-refractivity contribution is 7.89. The van der Waals surface area contributed by atoms with Gasteiger partial charge in [0.1, 0.15) is 23.5 Å². The zero-order chi connectivity index (χ0) is 23.0. The van der Waals surface area contributed by atoms with Crippen LogP contribution in [0.4, 0.5) is 5.82 Å². The van der Waals surface area contributed by atoms with Crippen molar-refractivity contribution in [3.8, 4) is 17.0 Å². The summed E-state index contributed by atoms with van der Waals surface area (Å²) in [5.41, 5.74) is 2.68. The number of aromatic amines is 1. The Kier molecular flexibility index (Phi) is 5.51. The smallest absolute Gasteiger partial charge is 0.240 e. The first-order chi connectivity index (χ1) is 15.9. The number of fused-ring (bicyclic) bond motifs is 1. The van der Waals surface area contributed by atoms with Gasteiger partial charge >= 0.3 is 0 Å². The van der Waals surface area contributed by atoms with E-state index < -0.39 is 10.0 Å². The summed E-state index contributed by atoms with van der Waals surface area (Å²) in [4.78, 5) is 14.7. The Morgan fingerprint density at radius 1 is 1.15 bits per heavy atom. The Hall–Kier alpha value is -3.44. The normalized spacial score (nSPS) is 15.3. The van der Waals surface area contributed by atoms with Crippen molar-refractivity contribution in [3.63, 3.8) is 0 Å². The Morgan fingerprint density at radius 2 is 1.91 bits per heavy atom. The number of ether oxygens (including phenoxy) is 1. The molecule has 1 aromatic carbocycles. The highest BCUT2D eigenvalue weighted by Gasteiger charge is 2.26. The van der Waals surface area contributed by atoms with E-state index in [0.29, 0.717) is 31.7 Å². The largest absolute Gasteiger partial charge is 0.497 e. The van der Waals surface area contributed by atoms with E-state index in [1.54, 1.807) is 48.6 Å². The minimum Gasteiger partial charge on any atom is -0.497 e. The van der Waals surface area contributed by atoms with Gasteiger partial charge < -0.3 is 14.6 Å². The molecule has 1 aliphatic heterocycles. The lowest BCUT2D eigenvalue weighted by Crippen LogP contribution is -2.44. The number of H-pyrrole nitrogens is 1. The van der Waals surface area contributed by atoms with Gasteiger partial charge in [0.25, 0.3) is 0 Å². The molecule has 1 saturated heterocycles. The predicted octanol–water partition coefficient (Wildman–Crippen LogP) is 2.31. The molecule has 10 nitrogen and oxygen atoms in total. The lowest BCUT2D eigenvalue weighted by Gasteiger charge is -2.33. The van der Waals surface area contributed by atoms with Crippen molar-refractivity contribution in [2.24, 2.45) is 7.05 Å². The molecular weight excluding hydrogens is 442 g/mol. The summed E-state index contributed by atoms with van der Waals surface area (Å²) < 4.78 is 35.2. The monoisotopic (exact) mass is 467 g/mol. The molecule has 0 spiro atoms. The third-order valence-corrected chi connectivity index (χ3v) is 7.44. The molecule has 11 heteroatoms. The number of nitrogens with zero attached hydrogens (tertiary/aromatic N) is 5. The van der Waals surface area contributed by atoms with Crippen LogP contribution in [-0.2, 0) is 17.1 Å². The molecule has 0 radical (unpaired) electrons. The number of anilines is 1. The third kappa shape index (κ3) is 4.29. The number of hydrogen-bond acceptors (Lipinski definition) is 7. The number of aromatic nitrogens is 5. The van der Waals surface area contributed by atoms with E-state index in [-0.39, 0.29) is 10.9 Å². The number of sulfonamides is 1. The topological polar surface area (TPSA) is 118 Å². The van der Waals surface area contributed by atoms with Crippen molar-refractivity contribution >= 4 is 26.9 Å². The Labute approximate surface area is 191 Å². The van der Waals surface area contributed by atoms with Gasteiger partial charge in [-0.1, -0.05) is 0 Å². The van der Waals surface area contributed by atoms with E-state index in [1.807, 2.05) is 19.3 Å². The fraction of sp³-hybridized carbons (Fsp3) is 0.318. The SMILES string of the molecule is COc1ccc(S(=O)(=O)NC2CCN(c3ncnc4[nH]c(-c5cnn(C)c5)cc34)CC2)cc1. The molecule has 0 saturated carbocycles. The van der Waals surface area contributed by atoms with Crippen molar-refractivity contribution in [2.75, 3.05) is 25.1 Å². The zero-order valence-electron chi connectivity index (χ0n) is 18.4. The zero-order valence-corrected chi connectivity index (χ0v) is 19.2. The van der Waals surface area contributed by atoms with Gasteiger partial charge in [0.05, 0.1) is 29.3 Å². The van der Waals surface area contributed by atoms with Crippen LogP contribution >= 0.6 is 0 Å². The molecule has 4 aromatic rings. The minimum atomic E-state index is -3.59. The lowest BCUT2D eigenvalue weighted by atomic mass is 10.1. The highest BCUT2D eigenvalue weighted by Crippen LogP contribution is 2.30. The second-order valence-corrected chi connectivity index (χ2v) is 9.82. The summed E-state index contributed by atoms with van der Waals surface area (Å²) in [5.74, 6) is 1.47. The van der Waals surface area contributed by atoms with Crippen LogP contribution in [0.25, 0.3) is 22.3 Å². The second kappa shape index (κ2) is 8.49. The van der Waals surface area contributed by atoms with Gasteiger partial charge in [-0.3, -0.25) is 4.68 Å². The molecule has 0 aliphatic carbocycles. The number of nitrogens with one attached hydrogen (secondary N) is 2. The van der Waals surface area contributed by atoms with Gasteiger partial charge in [0.15, 0.2) is 0 Å². The van der Waals surface area contributed by atoms with E-state index in [2.05, 4.69) is 29.7 Å². The van der Waals surface area contributed by atoms with Crippen LogP contribution in [0.3, 0.4) is 0 Å². The van der Waals surface area contributed by atoms with Crippen molar-refractivity contribution in [1.82, 2.24) is 29.5 Å². The van der Waals surface area contributed by atoms with Gasteiger partial charge in [0, 0.05) is 37.9 Å². The molecule has 0 amide bonds. The van der Waals surface area contributed by atoms with E-state index in [4.69, 9.17) is 4.74 Å². The highest BCUT2D eigenvalue weighted by atomic mass is 32.2. The molecule has 5 rings (SSSR count). The quantitative estimate of drug-likeness (QED) is 0.447. The van der Waals surface area contributed by atoms with E-state index in [9.17, 15) is 8.42 Å². The number of piperidine rings is 1. The third-order valence-electron chi connectivity index (χ3n) is 5.91. The second-order valence-electron chi connectivity index (χ2n) is 8.10. The number of aryl methyl sites for hydroxylation is 1. The number of hydrogen-bond donors (Lipinski definition) is 2. The maximum absolute atomic E-state index is 12.8. The Bertz CT molecular complexity index is 1370. The van der Waals surface area contributed by atoms with Gasteiger partial charge in [-0.2, -0.15) is 5.10 Å². The first-order valence-corrected chi connectivity index (χ1v) is 12.2. The van der Waals surface area contributed by atoms with Crippen molar-refractivity contribution in [2.45, 2.75) is 23.8 Å². The number of benzene rings is 1. The van der Waals surface area contributed by atoms with Crippen molar-refractivity contribution in [3.05, 3.63) is 49.1 Å². The molecule has 1 aliphatic rings. The van der Waals surface area contributed by atoms with E-state index in [1.165, 1.54) is 0 Å². The summed E-state index contributed by atoms with van der Waals surface area (Å²) >= 11 is 0. The van der Waals surface area contributed by atoms with Crippen LogP contribution in [-0.4, -0.2) is 59.4 Å². The van der Waals surface area contributed by atoms with Gasteiger partial charge in [-0.05, 0) is 43.2 Å². The Balaban J connectivity index is 1.29. The fourth-order valence-corrected chi connectivity index (χ4v) is 5.45. The van der Waals surface area contributed by atoms with Crippen LogP contribution < -0.4 is 14.4 Å². The van der Waals surface area contributed by atoms with Gasteiger partial charge in [-0.25, -0.2) is 23.1 Å². The number of rotatable bonds is 6. The lowest BCUT2D eigenvalue weighted by molar-refractivity contribution is 0.414. The van der Waals surface area contributed by atoms with Crippen LogP contribution in [0.15, 0.2) is 53.9 Å². The minimum absolute atomic E-state index is 0.136. The summed E-state index contributed by atoms with van der Waals surface area (Å²) in [5, 5.41) is 5.17. The summed E-state index contributed by atoms with van der Waals surface area (Å²) in [7, 11) is -0.160. The Morgan fingerprint density at radius 3 is 2.58 bits per heavy atom. The first kappa shape index (κ1) is 21.4. The van der Waals surface area contributed by atoms with Crippen LogP contribution in [0.5, 0.6) is 5.75 Å². The molecular formula is C22H25N7O3S. The predicted molar refractivity (Wildman–Crippen MR) is 125 cm³/mol. The molecule has 33 heavy (non-hydrogen) atoms. The average molecular weight is 468 g/mol. The number of methoxy groups -OCH3 is 1. The molecule has 0 bridgehead atoms. The van der Waals surface area contributed by atoms with E-state index in [0.717, 1.165) is 28.1 Å². The molecule has 4 heterocycles. The van der Waals surface area contributed by atoms with Crippen molar-refractivity contribution in [1.29, 1.82) is 0 Å². The molecule has 172 valence electrons.